The number of fused-ring (bicyclic) bond motifs is 3. The minimum absolute atomic E-state index is 0. The fraction of sp³-hybridized carbons (Fsp3) is 0.0385. The SMILES string of the molecule is COc1cccc(/C=N/[N-]C(=[OH+])c2ccncc2)c1.O.O.[Cu+2].c1cnc2c(c1)ccc1cccnc12. The Morgan fingerprint density at radius 3 is 2.03 bits per heavy atom. The maximum atomic E-state index is 9.68. The van der Waals surface area contributed by atoms with Crippen molar-refractivity contribution in [3.05, 3.63) is 114 Å². The van der Waals surface area contributed by atoms with Crippen LogP contribution in [-0.2, 0) is 17.1 Å². The number of rotatable bonds is 4. The van der Waals surface area contributed by atoms with Crippen molar-refractivity contribution in [3.8, 4) is 5.75 Å². The molecule has 0 saturated heterocycles. The summed E-state index contributed by atoms with van der Waals surface area (Å²) in [4.78, 5) is 22.2. The van der Waals surface area contributed by atoms with Crippen molar-refractivity contribution in [2.75, 3.05) is 7.11 Å². The van der Waals surface area contributed by atoms with Gasteiger partial charge in [-0.05, 0) is 42.0 Å². The number of methoxy groups -OCH3 is 1. The summed E-state index contributed by atoms with van der Waals surface area (Å²) in [5, 5.41) is 6.11. The van der Waals surface area contributed by atoms with Gasteiger partial charge in [0, 0.05) is 41.8 Å². The van der Waals surface area contributed by atoms with E-state index < -0.39 is 0 Å². The standard InChI is InChI=1S/C14H13N3O2.C12H8N2.Cu.2H2O/c1-19-13-4-2-3-11(9-13)10-16-17-14(18)12-5-7-15-8-6-12;1-3-9-5-6-10-4-2-8-14-12(10)11(9)13-7-1;;;/h2-10H,1H3,(H,17,18);1-8H;;2*1H2/q;;+2;;/b16-10+;;;;. The summed E-state index contributed by atoms with van der Waals surface area (Å²) in [6.45, 7) is 0. The second-order valence-corrected chi connectivity index (χ2v) is 6.90. The van der Waals surface area contributed by atoms with Gasteiger partial charge in [0.15, 0.2) is 0 Å². The smallest absolute Gasteiger partial charge is 0.497 e. The predicted octanol–water partition coefficient (Wildman–Crippen LogP) is 3.48. The summed E-state index contributed by atoms with van der Waals surface area (Å²) in [7, 11) is 1.60. The molecule has 10 heteroatoms. The van der Waals surface area contributed by atoms with Crippen LogP contribution in [0.4, 0.5) is 0 Å². The Hall–Kier alpha value is -4.21. The molecule has 36 heavy (non-hydrogen) atoms. The Bertz CT molecular complexity index is 1360. The van der Waals surface area contributed by atoms with Crippen molar-refractivity contribution in [2.45, 2.75) is 0 Å². The van der Waals surface area contributed by atoms with Crippen LogP contribution in [0.1, 0.15) is 11.1 Å². The van der Waals surface area contributed by atoms with Crippen LogP contribution >= 0.6 is 0 Å². The van der Waals surface area contributed by atoms with Gasteiger partial charge in [0.25, 0.3) is 5.91 Å². The zero-order valence-electron chi connectivity index (χ0n) is 19.2. The van der Waals surface area contributed by atoms with Gasteiger partial charge in [-0.15, -0.1) is 0 Å². The summed E-state index contributed by atoms with van der Waals surface area (Å²) in [5.74, 6) is 0.591. The van der Waals surface area contributed by atoms with Gasteiger partial charge in [0.05, 0.1) is 23.7 Å². The number of ether oxygens (including phenoxy) is 1. The van der Waals surface area contributed by atoms with E-state index in [0.717, 1.165) is 33.1 Å². The summed E-state index contributed by atoms with van der Waals surface area (Å²) >= 11 is 0. The van der Waals surface area contributed by atoms with Crippen molar-refractivity contribution in [2.24, 2.45) is 5.10 Å². The van der Waals surface area contributed by atoms with E-state index in [4.69, 9.17) is 4.74 Å². The van der Waals surface area contributed by atoms with E-state index >= 15 is 0 Å². The van der Waals surface area contributed by atoms with E-state index in [1.807, 2.05) is 36.4 Å². The number of nitrogens with zero attached hydrogens (tertiary/aromatic N) is 5. The van der Waals surface area contributed by atoms with Crippen LogP contribution in [0.25, 0.3) is 27.2 Å². The summed E-state index contributed by atoms with van der Waals surface area (Å²) in [6.07, 6.45) is 8.30. The molecule has 0 aliphatic carbocycles. The van der Waals surface area contributed by atoms with Gasteiger partial charge in [0.2, 0.25) is 0 Å². The number of pyridine rings is 3. The van der Waals surface area contributed by atoms with Crippen LogP contribution in [0, 0.1) is 0 Å². The maximum absolute atomic E-state index is 9.68. The van der Waals surface area contributed by atoms with Gasteiger partial charge in [0.1, 0.15) is 5.75 Å². The van der Waals surface area contributed by atoms with Crippen LogP contribution < -0.4 is 4.74 Å². The molecule has 0 atom stereocenters. The van der Waals surface area contributed by atoms with E-state index in [2.05, 4.69) is 49.7 Å². The van der Waals surface area contributed by atoms with Gasteiger partial charge >= 0.3 is 17.1 Å². The molecular formula is C26H25CuN5O4+2. The van der Waals surface area contributed by atoms with Gasteiger partial charge < -0.3 is 26.2 Å². The molecule has 5 N–H and O–H groups in total. The molecule has 0 fully saturated rings. The molecule has 2 aromatic carbocycles. The number of carbonyl (C=O) groups excluding carboxylic acids is 1. The molecular weight excluding hydrogens is 510 g/mol. The molecule has 5 aromatic rings. The molecule has 0 bridgehead atoms. The predicted molar refractivity (Wildman–Crippen MR) is 139 cm³/mol. The van der Waals surface area contributed by atoms with E-state index in [1.54, 1.807) is 50.2 Å². The fourth-order valence-corrected chi connectivity index (χ4v) is 3.11. The van der Waals surface area contributed by atoms with Crippen LogP contribution in [0.2, 0.25) is 0 Å². The summed E-state index contributed by atoms with van der Waals surface area (Å²) in [6, 6.07) is 22.8. The van der Waals surface area contributed by atoms with Gasteiger partial charge in [-0.25, -0.2) is 0 Å². The van der Waals surface area contributed by atoms with Crippen molar-refractivity contribution in [1.82, 2.24) is 15.0 Å². The zero-order chi connectivity index (χ0) is 22.9. The second-order valence-electron chi connectivity index (χ2n) is 6.90. The number of benzene rings is 2. The third-order valence-corrected chi connectivity index (χ3v) is 4.74. The molecule has 1 amide bonds. The molecule has 187 valence electrons. The first-order chi connectivity index (χ1) is 16.2. The third kappa shape index (κ3) is 7.66. The van der Waals surface area contributed by atoms with Gasteiger partial charge in [-0.1, -0.05) is 36.4 Å². The minimum atomic E-state index is -0.151. The number of hydrogen-bond acceptors (Lipinski definition) is 5. The first-order valence-corrected chi connectivity index (χ1v) is 10.2. The monoisotopic (exact) mass is 534 g/mol. The Labute approximate surface area is 218 Å². The zero-order valence-corrected chi connectivity index (χ0v) is 20.1. The van der Waals surface area contributed by atoms with E-state index in [-0.39, 0.29) is 33.9 Å². The molecule has 1 radical (unpaired) electrons. The Morgan fingerprint density at radius 2 is 1.44 bits per heavy atom. The maximum Gasteiger partial charge on any atom is 2.00 e. The van der Waals surface area contributed by atoms with Crippen LogP contribution in [0.3, 0.4) is 0 Å². The average molecular weight is 535 g/mol. The molecule has 0 aliphatic heterocycles. The summed E-state index contributed by atoms with van der Waals surface area (Å²) < 4.78 is 5.10. The van der Waals surface area contributed by atoms with Crippen molar-refractivity contribution in [3.63, 3.8) is 0 Å². The molecule has 3 heterocycles. The van der Waals surface area contributed by atoms with Crippen LogP contribution in [0.15, 0.2) is 103 Å². The van der Waals surface area contributed by atoms with E-state index in [9.17, 15) is 4.79 Å². The third-order valence-electron chi connectivity index (χ3n) is 4.74. The molecule has 0 unspecified atom stereocenters. The van der Waals surface area contributed by atoms with E-state index in [1.165, 1.54) is 0 Å². The Morgan fingerprint density at radius 1 is 0.833 bits per heavy atom. The first kappa shape index (κ1) is 29.8. The average Bonchev–Trinajstić information content (AvgIpc) is 2.89. The number of aromatic nitrogens is 3. The molecule has 5 rings (SSSR count). The van der Waals surface area contributed by atoms with Crippen molar-refractivity contribution >= 4 is 33.9 Å². The van der Waals surface area contributed by atoms with Crippen molar-refractivity contribution < 1.29 is 37.6 Å². The Kier molecular flexibility index (Phi) is 12.4. The largest absolute Gasteiger partial charge is 2.00 e. The summed E-state index contributed by atoms with van der Waals surface area (Å²) in [5.41, 5.74) is 7.08. The molecule has 0 spiro atoms. The van der Waals surface area contributed by atoms with E-state index in [0.29, 0.717) is 5.56 Å². The first-order valence-electron chi connectivity index (χ1n) is 10.2. The molecule has 9 nitrogen and oxygen atoms in total. The van der Waals surface area contributed by atoms with Gasteiger partial charge in [-0.3, -0.25) is 19.7 Å². The van der Waals surface area contributed by atoms with Gasteiger partial charge in [-0.2, -0.15) is 0 Å². The molecule has 0 aliphatic rings. The van der Waals surface area contributed by atoms with Crippen LogP contribution in [-0.4, -0.2) is 49.9 Å². The Balaban J connectivity index is 0.000000343. The number of hydrogen-bond donors (Lipinski definition) is 0. The second kappa shape index (κ2) is 14.9. The normalized spacial score (nSPS) is 9.69. The minimum Gasteiger partial charge on any atom is -0.497 e. The fourth-order valence-electron chi connectivity index (χ4n) is 3.11. The number of amides is 1. The topological polar surface area (TPSA) is 159 Å². The van der Waals surface area contributed by atoms with Crippen LogP contribution in [0.5, 0.6) is 5.75 Å². The molecule has 0 saturated carbocycles. The van der Waals surface area contributed by atoms with Crippen molar-refractivity contribution in [1.29, 1.82) is 0 Å². The molecule has 3 aromatic heterocycles. The quantitative estimate of drug-likeness (QED) is 0.113.